The summed E-state index contributed by atoms with van der Waals surface area (Å²) >= 11 is 0. The van der Waals surface area contributed by atoms with Crippen molar-refractivity contribution in [2.45, 2.75) is 32.6 Å². The highest BCUT2D eigenvalue weighted by atomic mass is 14.6. The summed E-state index contributed by atoms with van der Waals surface area (Å²) in [6, 6.07) is 12.8. The lowest BCUT2D eigenvalue weighted by Gasteiger charge is -2.05. The fraction of sp³-hybridized carbons (Fsp3) is 0.312. The number of rotatable bonds is 5. The van der Waals surface area contributed by atoms with Crippen molar-refractivity contribution in [2.75, 3.05) is 0 Å². The lowest BCUT2D eigenvalue weighted by molar-refractivity contribution is 0.731. The molecule has 1 aromatic heterocycles. The zero-order valence-corrected chi connectivity index (χ0v) is 10.4. The van der Waals surface area contributed by atoms with Crippen LogP contribution in [0.1, 0.15) is 29.5 Å². The number of pyridine rings is 1. The first kappa shape index (κ1) is 11.8. The third-order valence-corrected chi connectivity index (χ3v) is 3.14. The van der Waals surface area contributed by atoms with Crippen LogP contribution in [0, 0.1) is 6.92 Å². The summed E-state index contributed by atoms with van der Waals surface area (Å²) in [6.07, 6.45) is 8.70. The summed E-state index contributed by atoms with van der Waals surface area (Å²) < 4.78 is 0. The summed E-state index contributed by atoms with van der Waals surface area (Å²) in [6.45, 7) is 2.14. The Labute approximate surface area is 104 Å². The molecule has 0 saturated heterocycles. The van der Waals surface area contributed by atoms with E-state index >= 15 is 0 Å². The van der Waals surface area contributed by atoms with Gasteiger partial charge in [0.25, 0.3) is 0 Å². The largest absolute Gasteiger partial charge is 0.264 e. The van der Waals surface area contributed by atoms with E-state index in [1.165, 1.54) is 42.4 Å². The van der Waals surface area contributed by atoms with E-state index in [4.69, 9.17) is 0 Å². The van der Waals surface area contributed by atoms with Crippen LogP contribution in [0.4, 0.5) is 0 Å². The van der Waals surface area contributed by atoms with E-state index in [2.05, 4.69) is 48.3 Å². The lowest BCUT2D eigenvalue weighted by Crippen LogP contribution is -1.92. The molecule has 0 aliphatic carbocycles. The Kier molecular flexibility index (Phi) is 4.31. The van der Waals surface area contributed by atoms with Crippen molar-refractivity contribution < 1.29 is 0 Å². The molecule has 1 heteroatoms. The number of aryl methyl sites for hydroxylation is 3. The van der Waals surface area contributed by atoms with Gasteiger partial charge in [0.2, 0.25) is 0 Å². The predicted octanol–water partition coefficient (Wildman–Crippen LogP) is 3.96. The number of hydrogen-bond acceptors (Lipinski definition) is 1. The van der Waals surface area contributed by atoms with Crippen molar-refractivity contribution in [3.63, 3.8) is 0 Å². The highest BCUT2D eigenvalue weighted by Crippen LogP contribution is 2.11. The summed E-state index contributed by atoms with van der Waals surface area (Å²) in [5.41, 5.74) is 4.19. The van der Waals surface area contributed by atoms with Crippen LogP contribution in [-0.2, 0) is 12.8 Å². The van der Waals surface area contributed by atoms with E-state index < -0.39 is 0 Å². The van der Waals surface area contributed by atoms with Crippen molar-refractivity contribution in [1.29, 1.82) is 0 Å². The Morgan fingerprint density at radius 1 is 0.941 bits per heavy atom. The SMILES string of the molecule is Cc1cnccc1CCCCc1ccccc1. The zero-order chi connectivity index (χ0) is 11.9. The van der Waals surface area contributed by atoms with Gasteiger partial charge < -0.3 is 0 Å². The molecule has 0 amide bonds. The number of nitrogens with zero attached hydrogens (tertiary/aromatic N) is 1. The van der Waals surface area contributed by atoms with E-state index in [1.807, 2.05) is 12.4 Å². The van der Waals surface area contributed by atoms with Gasteiger partial charge in [0.05, 0.1) is 0 Å². The third kappa shape index (κ3) is 3.70. The van der Waals surface area contributed by atoms with Crippen LogP contribution in [0.2, 0.25) is 0 Å². The summed E-state index contributed by atoms with van der Waals surface area (Å²) in [4.78, 5) is 4.12. The fourth-order valence-electron chi connectivity index (χ4n) is 2.07. The first-order chi connectivity index (χ1) is 8.36. The molecular weight excluding hydrogens is 206 g/mol. The summed E-state index contributed by atoms with van der Waals surface area (Å²) in [5.74, 6) is 0. The van der Waals surface area contributed by atoms with Crippen molar-refractivity contribution >= 4 is 0 Å². The van der Waals surface area contributed by atoms with Gasteiger partial charge >= 0.3 is 0 Å². The molecule has 0 unspecified atom stereocenters. The molecule has 0 saturated carbocycles. The van der Waals surface area contributed by atoms with E-state index in [-0.39, 0.29) is 0 Å². The van der Waals surface area contributed by atoms with Gasteiger partial charge in [-0.3, -0.25) is 4.98 Å². The van der Waals surface area contributed by atoms with E-state index in [1.54, 1.807) is 0 Å². The van der Waals surface area contributed by atoms with Crippen LogP contribution in [0.3, 0.4) is 0 Å². The minimum absolute atomic E-state index is 1.17. The molecule has 0 aliphatic rings. The molecule has 0 atom stereocenters. The molecule has 1 aromatic carbocycles. The van der Waals surface area contributed by atoms with E-state index in [9.17, 15) is 0 Å². The monoisotopic (exact) mass is 225 g/mol. The van der Waals surface area contributed by atoms with Crippen LogP contribution >= 0.6 is 0 Å². The zero-order valence-electron chi connectivity index (χ0n) is 10.4. The average molecular weight is 225 g/mol. The Hall–Kier alpha value is -1.63. The third-order valence-electron chi connectivity index (χ3n) is 3.14. The molecule has 2 rings (SSSR count). The first-order valence-corrected chi connectivity index (χ1v) is 6.29. The van der Waals surface area contributed by atoms with Crippen LogP contribution in [-0.4, -0.2) is 4.98 Å². The molecule has 1 nitrogen and oxygen atoms in total. The Morgan fingerprint density at radius 2 is 1.71 bits per heavy atom. The van der Waals surface area contributed by atoms with Gasteiger partial charge in [0.1, 0.15) is 0 Å². The maximum atomic E-state index is 4.12. The second-order valence-corrected chi connectivity index (χ2v) is 4.49. The van der Waals surface area contributed by atoms with E-state index in [0.29, 0.717) is 0 Å². The Morgan fingerprint density at radius 3 is 2.47 bits per heavy atom. The van der Waals surface area contributed by atoms with Gasteiger partial charge in [0, 0.05) is 12.4 Å². The normalized spacial score (nSPS) is 10.4. The second-order valence-electron chi connectivity index (χ2n) is 4.49. The van der Waals surface area contributed by atoms with Gasteiger partial charge in [-0.1, -0.05) is 30.3 Å². The number of hydrogen-bond donors (Lipinski definition) is 0. The molecule has 0 N–H and O–H groups in total. The van der Waals surface area contributed by atoms with Crippen LogP contribution in [0.5, 0.6) is 0 Å². The van der Waals surface area contributed by atoms with Crippen molar-refractivity contribution in [1.82, 2.24) is 4.98 Å². The fourth-order valence-corrected chi connectivity index (χ4v) is 2.07. The maximum Gasteiger partial charge on any atom is 0.0299 e. The molecule has 17 heavy (non-hydrogen) atoms. The topological polar surface area (TPSA) is 12.9 Å². The predicted molar refractivity (Wildman–Crippen MR) is 72.1 cm³/mol. The van der Waals surface area contributed by atoms with Crippen molar-refractivity contribution in [3.8, 4) is 0 Å². The van der Waals surface area contributed by atoms with Crippen LogP contribution in [0.15, 0.2) is 48.8 Å². The molecule has 0 spiro atoms. The van der Waals surface area contributed by atoms with Crippen molar-refractivity contribution in [2.24, 2.45) is 0 Å². The minimum atomic E-state index is 1.17. The molecule has 2 aromatic rings. The van der Waals surface area contributed by atoms with Crippen molar-refractivity contribution in [3.05, 3.63) is 65.5 Å². The quantitative estimate of drug-likeness (QED) is 0.702. The minimum Gasteiger partial charge on any atom is -0.264 e. The van der Waals surface area contributed by atoms with E-state index in [0.717, 1.165) is 0 Å². The smallest absolute Gasteiger partial charge is 0.0299 e. The second kappa shape index (κ2) is 6.19. The standard InChI is InChI=1S/C16H19N/c1-14-13-17-12-11-16(14)10-6-5-9-15-7-3-2-4-8-15/h2-4,7-8,11-13H,5-6,9-10H2,1H3. The van der Waals surface area contributed by atoms with Gasteiger partial charge in [-0.25, -0.2) is 0 Å². The first-order valence-electron chi connectivity index (χ1n) is 6.29. The summed E-state index contributed by atoms with van der Waals surface area (Å²) in [7, 11) is 0. The van der Waals surface area contributed by atoms with Gasteiger partial charge in [0.15, 0.2) is 0 Å². The maximum absolute atomic E-state index is 4.12. The Balaban J connectivity index is 1.76. The van der Waals surface area contributed by atoms with Gasteiger partial charge in [-0.2, -0.15) is 0 Å². The van der Waals surface area contributed by atoms with Crippen LogP contribution < -0.4 is 0 Å². The molecule has 0 aliphatic heterocycles. The molecule has 1 heterocycles. The molecular formula is C16H19N. The Bertz CT molecular complexity index is 448. The van der Waals surface area contributed by atoms with Crippen LogP contribution in [0.25, 0.3) is 0 Å². The number of unbranched alkanes of at least 4 members (excludes halogenated alkanes) is 1. The molecule has 0 bridgehead atoms. The molecule has 0 radical (unpaired) electrons. The molecule has 0 fully saturated rings. The highest BCUT2D eigenvalue weighted by Gasteiger charge is 1.98. The highest BCUT2D eigenvalue weighted by molar-refractivity contribution is 5.21. The van der Waals surface area contributed by atoms with Gasteiger partial charge in [-0.05, 0) is 55.4 Å². The average Bonchev–Trinajstić information content (AvgIpc) is 2.38. The number of benzene rings is 1. The van der Waals surface area contributed by atoms with Gasteiger partial charge in [-0.15, -0.1) is 0 Å². The summed E-state index contributed by atoms with van der Waals surface area (Å²) in [5, 5.41) is 0. The lowest BCUT2D eigenvalue weighted by atomic mass is 10.0. The molecule has 88 valence electrons. The number of aromatic nitrogens is 1.